The highest BCUT2D eigenvalue weighted by molar-refractivity contribution is 7.90. The van der Waals surface area contributed by atoms with E-state index in [9.17, 15) is 22.8 Å². The predicted octanol–water partition coefficient (Wildman–Crippen LogP) is 1.65. The lowest BCUT2D eigenvalue weighted by Crippen LogP contribution is -2.51. The summed E-state index contributed by atoms with van der Waals surface area (Å²) in [4.78, 5) is 36.9. The van der Waals surface area contributed by atoms with E-state index >= 15 is 0 Å². The number of fused-ring (bicyclic) bond motifs is 2. The van der Waals surface area contributed by atoms with Gasteiger partial charge in [-0.3, -0.25) is 14.5 Å². The SMILES string of the molecule is CC(=O)N1CC(S(=O)(=O)NC(=O)Nc2c3c(cc4c2CCC4)CCC3)CCC1=O. The van der Waals surface area contributed by atoms with Crippen LogP contribution in [0.1, 0.15) is 54.9 Å². The van der Waals surface area contributed by atoms with Gasteiger partial charge in [0.05, 0.1) is 5.25 Å². The van der Waals surface area contributed by atoms with E-state index in [2.05, 4.69) is 16.1 Å². The van der Waals surface area contributed by atoms with E-state index in [1.165, 1.54) is 18.1 Å². The highest BCUT2D eigenvalue weighted by atomic mass is 32.2. The van der Waals surface area contributed by atoms with Crippen molar-refractivity contribution in [1.82, 2.24) is 9.62 Å². The zero-order valence-electron chi connectivity index (χ0n) is 16.4. The van der Waals surface area contributed by atoms with E-state index in [-0.39, 0.29) is 25.3 Å². The summed E-state index contributed by atoms with van der Waals surface area (Å²) in [7, 11) is -4.03. The fourth-order valence-electron chi connectivity index (χ4n) is 4.69. The first-order valence-corrected chi connectivity index (χ1v) is 11.6. The molecule has 1 heterocycles. The highest BCUT2D eigenvalue weighted by Gasteiger charge is 2.37. The van der Waals surface area contributed by atoms with Crippen molar-refractivity contribution in [2.24, 2.45) is 0 Å². The van der Waals surface area contributed by atoms with Crippen LogP contribution < -0.4 is 10.0 Å². The van der Waals surface area contributed by atoms with Crippen LogP contribution in [-0.4, -0.2) is 43.0 Å². The van der Waals surface area contributed by atoms with Gasteiger partial charge in [0.1, 0.15) is 0 Å². The van der Waals surface area contributed by atoms with Crippen molar-refractivity contribution in [2.45, 2.75) is 63.5 Å². The topological polar surface area (TPSA) is 113 Å². The molecule has 1 unspecified atom stereocenters. The Bertz CT molecular complexity index is 970. The second kappa shape index (κ2) is 7.44. The van der Waals surface area contributed by atoms with E-state index in [0.717, 1.165) is 60.2 Å². The minimum atomic E-state index is -4.03. The Labute approximate surface area is 170 Å². The maximum atomic E-state index is 12.7. The molecule has 0 saturated carbocycles. The number of urea groups is 1. The third-order valence-electron chi connectivity index (χ3n) is 6.13. The van der Waals surface area contributed by atoms with Crippen LogP contribution in [0.5, 0.6) is 0 Å². The Kier molecular flexibility index (Phi) is 5.10. The molecular formula is C20H25N3O5S. The molecule has 4 amide bonds. The number of hydrogen-bond donors (Lipinski definition) is 2. The summed E-state index contributed by atoms with van der Waals surface area (Å²) < 4.78 is 27.5. The molecule has 0 bridgehead atoms. The highest BCUT2D eigenvalue weighted by Crippen LogP contribution is 2.38. The smallest absolute Gasteiger partial charge is 0.307 e. The normalized spacial score (nSPS) is 20.9. The van der Waals surface area contributed by atoms with Gasteiger partial charge in [0.2, 0.25) is 21.8 Å². The van der Waals surface area contributed by atoms with Crippen molar-refractivity contribution in [3.05, 3.63) is 28.3 Å². The number of rotatable bonds is 3. The first-order valence-electron chi connectivity index (χ1n) is 10.1. The zero-order valence-corrected chi connectivity index (χ0v) is 17.2. The monoisotopic (exact) mass is 419 g/mol. The second-order valence-corrected chi connectivity index (χ2v) is 9.98. The van der Waals surface area contributed by atoms with Crippen molar-refractivity contribution in [3.8, 4) is 0 Å². The van der Waals surface area contributed by atoms with E-state index in [1.807, 2.05) is 0 Å². The molecule has 4 rings (SSSR count). The predicted molar refractivity (Wildman–Crippen MR) is 107 cm³/mol. The molecule has 1 aromatic rings. The maximum Gasteiger partial charge on any atom is 0.332 e. The number of anilines is 1. The molecule has 3 aliphatic rings. The number of carbonyl (C=O) groups is 3. The lowest BCUT2D eigenvalue weighted by molar-refractivity contribution is -0.145. The molecule has 0 radical (unpaired) electrons. The largest absolute Gasteiger partial charge is 0.332 e. The number of nitrogens with zero attached hydrogens (tertiary/aromatic N) is 1. The van der Waals surface area contributed by atoms with Crippen molar-refractivity contribution >= 4 is 33.6 Å². The van der Waals surface area contributed by atoms with Gasteiger partial charge in [-0.1, -0.05) is 6.07 Å². The average Bonchev–Trinajstić information content (AvgIpc) is 3.30. The first-order chi connectivity index (χ1) is 13.8. The molecule has 1 aromatic carbocycles. The van der Waals surface area contributed by atoms with Gasteiger partial charge in [0, 0.05) is 25.6 Å². The van der Waals surface area contributed by atoms with Crippen LogP contribution in [0.15, 0.2) is 6.07 Å². The molecule has 29 heavy (non-hydrogen) atoms. The molecule has 2 aliphatic carbocycles. The number of amides is 4. The number of sulfonamides is 1. The van der Waals surface area contributed by atoms with Crippen LogP contribution >= 0.6 is 0 Å². The molecule has 0 spiro atoms. The van der Waals surface area contributed by atoms with Crippen LogP contribution in [0.3, 0.4) is 0 Å². The number of aryl methyl sites for hydroxylation is 2. The Hall–Kier alpha value is -2.42. The molecule has 1 atom stereocenters. The Morgan fingerprint density at radius 1 is 1.03 bits per heavy atom. The van der Waals surface area contributed by atoms with Crippen molar-refractivity contribution in [1.29, 1.82) is 0 Å². The van der Waals surface area contributed by atoms with E-state index in [1.54, 1.807) is 0 Å². The second-order valence-electron chi connectivity index (χ2n) is 8.02. The van der Waals surface area contributed by atoms with Crippen LogP contribution in [0.4, 0.5) is 10.5 Å². The molecule has 0 aromatic heterocycles. The maximum absolute atomic E-state index is 12.7. The molecule has 8 nitrogen and oxygen atoms in total. The summed E-state index contributed by atoms with van der Waals surface area (Å²) >= 11 is 0. The molecule has 1 fully saturated rings. The summed E-state index contributed by atoms with van der Waals surface area (Å²) in [5, 5.41) is 1.81. The third kappa shape index (κ3) is 3.75. The number of carbonyl (C=O) groups excluding carboxylic acids is 3. The minimum Gasteiger partial charge on any atom is -0.307 e. The third-order valence-corrected chi connectivity index (χ3v) is 7.87. The molecule has 9 heteroatoms. The summed E-state index contributed by atoms with van der Waals surface area (Å²) in [6, 6.07) is 1.45. The molecule has 1 aliphatic heterocycles. The number of imide groups is 1. The fourth-order valence-corrected chi connectivity index (χ4v) is 5.94. The summed E-state index contributed by atoms with van der Waals surface area (Å²) in [6.45, 7) is 0.997. The van der Waals surface area contributed by atoms with Gasteiger partial charge in [-0.15, -0.1) is 0 Å². The Morgan fingerprint density at radius 2 is 1.66 bits per heavy atom. The number of hydrogen-bond acceptors (Lipinski definition) is 5. The van der Waals surface area contributed by atoms with Gasteiger partial charge in [-0.2, -0.15) is 0 Å². The molecular weight excluding hydrogens is 394 g/mol. The van der Waals surface area contributed by atoms with Gasteiger partial charge in [0.15, 0.2) is 0 Å². The van der Waals surface area contributed by atoms with Crippen molar-refractivity contribution in [3.63, 3.8) is 0 Å². The lowest BCUT2D eigenvalue weighted by atomic mass is 9.99. The first kappa shape index (κ1) is 19.9. The number of benzene rings is 1. The Balaban J connectivity index is 1.51. The van der Waals surface area contributed by atoms with Gasteiger partial charge in [-0.25, -0.2) is 17.9 Å². The van der Waals surface area contributed by atoms with Crippen LogP contribution in [0.2, 0.25) is 0 Å². The van der Waals surface area contributed by atoms with Crippen molar-refractivity contribution in [2.75, 3.05) is 11.9 Å². The minimum absolute atomic E-state index is 0.0352. The summed E-state index contributed by atoms with van der Waals surface area (Å²) in [5.74, 6) is -0.876. The summed E-state index contributed by atoms with van der Waals surface area (Å²) in [6.07, 6.45) is 5.83. The van der Waals surface area contributed by atoms with Gasteiger partial charge in [0.25, 0.3) is 0 Å². The Morgan fingerprint density at radius 3 is 2.24 bits per heavy atom. The summed E-state index contributed by atoms with van der Waals surface area (Å²) in [5.41, 5.74) is 5.48. The zero-order chi connectivity index (χ0) is 20.8. The average molecular weight is 420 g/mol. The van der Waals surface area contributed by atoms with Crippen LogP contribution in [0, 0.1) is 0 Å². The standard InChI is InChI=1S/C20H25N3O5S/c1-12(24)23-11-15(8-9-18(23)25)29(27,28)22-20(26)21-19-16-6-2-4-13(16)10-14-5-3-7-17(14)19/h10,15H,2-9,11H2,1H3,(H2,21,22,26). The van der Waals surface area contributed by atoms with Gasteiger partial charge in [-0.05, 0) is 67.2 Å². The molecule has 156 valence electrons. The fraction of sp³-hybridized carbons (Fsp3) is 0.550. The lowest BCUT2D eigenvalue weighted by Gasteiger charge is -2.30. The van der Waals surface area contributed by atoms with Gasteiger partial charge < -0.3 is 5.32 Å². The van der Waals surface area contributed by atoms with Gasteiger partial charge >= 0.3 is 6.03 Å². The van der Waals surface area contributed by atoms with E-state index < -0.39 is 27.2 Å². The number of piperidine rings is 1. The van der Waals surface area contributed by atoms with E-state index in [0.29, 0.717) is 0 Å². The van der Waals surface area contributed by atoms with E-state index in [4.69, 9.17) is 0 Å². The number of likely N-dealkylation sites (tertiary alicyclic amines) is 1. The van der Waals surface area contributed by atoms with Crippen molar-refractivity contribution < 1.29 is 22.8 Å². The van der Waals surface area contributed by atoms with Crippen LogP contribution in [0.25, 0.3) is 0 Å². The molecule has 1 saturated heterocycles. The van der Waals surface area contributed by atoms with Crippen LogP contribution in [-0.2, 0) is 45.3 Å². The number of nitrogens with one attached hydrogen (secondary N) is 2. The molecule has 2 N–H and O–H groups in total. The quantitative estimate of drug-likeness (QED) is 0.774.